The molecule has 0 aliphatic carbocycles. The summed E-state index contributed by atoms with van der Waals surface area (Å²) in [6.45, 7) is 4.53. The molecule has 0 N–H and O–H groups in total. The monoisotopic (exact) mass is 683 g/mol. The fourth-order valence-corrected chi connectivity index (χ4v) is 6.85. The number of carboxylic acid groups (broad SMARTS) is 2. The van der Waals surface area contributed by atoms with E-state index in [1.807, 2.05) is 0 Å². The number of unbranched alkanes of at least 4 members (excludes halogenated alkanes) is 28. The zero-order valence-corrected chi connectivity index (χ0v) is 35.7. The van der Waals surface area contributed by atoms with Crippen LogP contribution >= 0.6 is 0 Å². The van der Waals surface area contributed by atoms with Crippen molar-refractivity contribution in [1.29, 1.82) is 0 Å². The number of rotatable bonds is 34. The maximum absolute atomic E-state index is 11.6. The second-order valence-electron chi connectivity index (χ2n) is 14.0. The van der Waals surface area contributed by atoms with Crippen molar-refractivity contribution in [3.8, 4) is 0 Å². The molecule has 1 rings (SSSR count). The number of carbonyl (C=O) groups is 2. The van der Waals surface area contributed by atoms with Gasteiger partial charge in [0, 0.05) is 12.8 Å². The van der Waals surface area contributed by atoms with Crippen LogP contribution < -0.4 is 69.3 Å². The minimum Gasteiger partial charge on any atom is -0.547 e. The van der Waals surface area contributed by atoms with Crippen molar-refractivity contribution < 1.29 is 88.4 Å². The van der Waals surface area contributed by atoms with Crippen LogP contribution in [0.1, 0.15) is 219 Å². The summed E-state index contributed by atoms with van der Waals surface area (Å²) in [5.41, 5.74) is 0. The van der Waals surface area contributed by atoms with Gasteiger partial charge in [0.2, 0.25) is 0 Å². The van der Waals surface area contributed by atoms with E-state index < -0.39 is 29.9 Å². The van der Waals surface area contributed by atoms with Crippen LogP contribution in [-0.2, 0) is 19.1 Å². The summed E-state index contributed by atoms with van der Waals surface area (Å²) in [7, 11) is 0. The predicted molar refractivity (Wildman–Crippen MR) is 182 cm³/mol. The van der Waals surface area contributed by atoms with Crippen molar-refractivity contribution in [2.45, 2.75) is 237 Å². The third-order valence-corrected chi connectivity index (χ3v) is 9.75. The fraction of sp³-hybridized carbons (Fsp3) is 0.949. The molecule has 1 aliphatic rings. The van der Waals surface area contributed by atoms with Crippen LogP contribution in [0.15, 0.2) is 0 Å². The Kier molecular flexibility index (Phi) is 37.5. The molecule has 0 spiro atoms. The number of carbonyl (C=O) groups excluding carboxylic acids is 2. The van der Waals surface area contributed by atoms with Crippen LogP contribution in [0.2, 0.25) is 0 Å². The normalized spacial score (nSPS) is 16.9. The van der Waals surface area contributed by atoms with Gasteiger partial charge >= 0.3 is 59.1 Å². The van der Waals surface area contributed by atoms with E-state index in [1.165, 1.54) is 154 Å². The number of hydrogen-bond acceptors (Lipinski definition) is 6. The van der Waals surface area contributed by atoms with E-state index in [0.717, 1.165) is 38.5 Å². The molecule has 8 heteroatoms. The summed E-state index contributed by atoms with van der Waals surface area (Å²) >= 11 is 0. The fourth-order valence-electron chi connectivity index (χ4n) is 6.85. The van der Waals surface area contributed by atoms with Crippen molar-refractivity contribution in [2.75, 3.05) is 0 Å². The zero-order chi connectivity index (χ0) is 32.9. The van der Waals surface area contributed by atoms with Gasteiger partial charge in [-0.15, -0.1) is 0 Å². The average molecular weight is 683 g/mol. The topological polar surface area (TPSA) is 98.7 Å². The molecule has 0 aromatic carbocycles. The molecule has 1 aliphatic heterocycles. The molecule has 0 aromatic rings. The molecule has 1 heterocycles. The van der Waals surface area contributed by atoms with E-state index in [-0.39, 0.29) is 59.1 Å². The summed E-state index contributed by atoms with van der Waals surface area (Å²) < 4.78 is 11.6. The Morgan fingerprint density at radius 1 is 0.404 bits per heavy atom. The van der Waals surface area contributed by atoms with Crippen LogP contribution in [0.4, 0.5) is 0 Å². The van der Waals surface area contributed by atoms with Crippen molar-refractivity contribution in [2.24, 2.45) is 0 Å². The average Bonchev–Trinajstić information content (AvgIpc) is 3.42. The summed E-state index contributed by atoms with van der Waals surface area (Å²) in [5, 5.41) is 23.2. The van der Waals surface area contributed by atoms with E-state index in [0.29, 0.717) is 12.8 Å². The van der Waals surface area contributed by atoms with Gasteiger partial charge in [-0.2, -0.15) is 0 Å². The van der Waals surface area contributed by atoms with Gasteiger partial charge in [0.25, 0.3) is 0 Å². The van der Waals surface area contributed by atoms with Crippen LogP contribution in [0, 0.1) is 0 Å². The van der Waals surface area contributed by atoms with Gasteiger partial charge in [-0.05, 0) is 12.8 Å². The molecule has 0 saturated carbocycles. The molecule has 1 saturated heterocycles. The van der Waals surface area contributed by atoms with Gasteiger partial charge in [0.15, 0.2) is 5.79 Å². The molecule has 47 heavy (non-hydrogen) atoms. The molecule has 266 valence electrons. The third-order valence-electron chi connectivity index (χ3n) is 9.75. The Labute approximate surface area is 335 Å². The van der Waals surface area contributed by atoms with Gasteiger partial charge in [-0.25, -0.2) is 0 Å². The minimum atomic E-state index is -1.61. The van der Waals surface area contributed by atoms with Crippen LogP contribution in [0.3, 0.4) is 0 Å². The number of carboxylic acids is 2. The molecule has 0 amide bonds. The molecule has 0 aromatic heterocycles. The Morgan fingerprint density at radius 3 is 0.787 bits per heavy atom. The first-order valence-electron chi connectivity index (χ1n) is 19.7. The molecular weight excluding hydrogens is 610 g/mol. The Morgan fingerprint density at radius 2 is 0.596 bits per heavy atom. The molecular formula is C39H72Na2O6. The van der Waals surface area contributed by atoms with E-state index in [2.05, 4.69) is 13.8 Å². The van der Waals surface area contributed by atoms with Gasteiger partial charge in [0.1, 0.15) is 12.2 Å². The number of aliphatic carboxylic acids is 2. The van der Waals surface area contributed by atoms with E-state index in [1.54, 1.807) is 0 Å². The molecule has 2 unspecified atom stereocenters. The van der Waals surface area contributed by atoms with Gasteiger partial charge in [-0.3, -0.25) is 0 Å². The summed E-state index contributed by atoms with van der Waals surface area (Å²) in [4.78, 5) is 23.2. The van der Waals surface area contributed by atoms with E-state index >= 15 is 0 Å². The molecule has 0 radical (unpaired) electrons. The van der Waals surface area contributed by atoms with Crippen LogP contribution in [-0.4, -0.2) is 29.9 Å². The Balaban J connectivity index is 0. The summed E-state index contributed by atoms with van der Waals surface area (Å²) in [5.74, 6) is -4.25. The van der Waals surface area contributed by atoms with Crippen molar-refractivity contribution in [1.82, 2.24) is 0 Å². The molecule has 1 fully saturated rings. The zero-order valence-electron chi connectivity index (χ0n) is 31.7. The summed E-state index contributed by atoms with van der Waals surface area (Å²) in [6, 6.07) is 0. The SMILES string of the molecule is CCCCCCCCCCCCCCCCCC1(CCCCCCCCCCCCCCCCC)OC(C(=O)[O-])C(C(=O)[O-])O1.[Na+].[Na+]. The second kappa shape index (κ2) is 35.3. The maximum Gasteiger partial charge on any atom is 1.00 e. The number of ether oxygens (including phenoxy) is 2. The molecule has 2 atom stereocenters. The first kappa shape index (κ1) is 50.0. The van der Waals surface area contributed by atoms with Crippen LogP contribution in [0.5, 0.6) is 0 Å². The maximum atomic E-state index is 11.6. The third kappa shape index (κ3) is 27.2. The first-order chi connectivity index (χ1) is 22.0. The largest absolute Gasteiger partial charge is 1.00 e. The number of hydrogen-bond donors (Lipinski definition) is 0. The van der Waals surface area contributed by atoms with E-state index in [4.69, 9.17) is 9.47 Å². The van der Waals surface area contributed by atoms with Gasteiger partial charge < -0.3 is 29.3 Å². The Hall–Kier alpha value is 0.860. The minimum absolute atomic E-state index is 0. The quantitative estimate of drug-likeness (QED) is 0.0762. The van der Waals surface area contributed by atoms with E-state index in [9.17, 15) is 19.8 Å². The first-order valence-corrected chi connectivity index (χ1v) is 19.7. The predicted octanol–water partition coefficient (Wildman–Crippen LogP) is 3.50. The van der Waals surface area contributed by atoms with Crippen LogP contribution in [0.25, 0.3) is 0 Å². The smallest absolute Gasteiger partial charge is 0.547 e. The molecule has 6 nitrogen and oxygen atoms in total. The second-order valence-corrected chi connectivity index (χ2v) is 14.0. The van der Waals surface area contributed by atoms with Crippen molar-refractivity contribution in [3.63, 3.8) is 0 Å². The van der Waals surface area contributed by atoms with Gasteiger partial charge in [-0.1, -0.05) is 194 Å². The standard InChI is InChI=1S/C39H74O6.2Na/c1-3-5-7-9-11-13-15-17-19-21-23-25-27-29-31-33-39(44-35(37(40)41)36(45-39)38(42)43)34-32-30-28-26-24-22-20-18-16-14-12-10-8-6-4-2;;/h35-36H,3-34H2,1-2H3,(H,40,41)(H,42,43);;/q;2*+1/p-2. The molecule has 0 bridgehead atoms. The van der Waals surface area contributed by atoms with Crippen molar-refractivity contribution in [3.05, 3.63) is 0 Å². The van der Waals surface area contributed by atoms with Crippen molar-refractivity contribution >= 4 is 11.9 Å². The summed E-state index contributed by atoms with van der Waals surface area (Å²) in [6.07, 6.45) is 35.8. The van der Waals surface area contributed by atoms with Gasteiger partial charge in [0.05, 0.1) is 11.9 Å². The Bertz CT molecular complexity index is 649.